The summed E-state index contributed by atoms with van der Waals surface area (Å²) in [6.45, 7) is 0. The number of carbonyl (C=O) groups excluding carboxylic acids is 2. The Morgan fingerprint density at radius 2 is 1.70 bits per heavy atom. The summed E-state index contributed by atoms with van der Waals surface area (Å²) in [4.78, 5) is 22.3. The molecular formula is C14H19NO5. The highest BCUT2D eigenvalue weighted by Gasteiger charge is 2.08. The number of ether oxygens (including phenoxy) is 1. The standard InChI is InChI=1S/C14H19NO5/c16-11-7-5-6-8-12(11)20-14(18)10-4-2-1-3-9-13(17)15-19/h5-8,16,19H,1-4,9-10H2,(H,15,17). The van der Waals surface area contributed by atoms with E-state index in [1.807, 2.05) is 0 Å². The highest BCUT2D eigenvalue weighted by Crippen LogP contribution is 2.24. The predicted molar refractivity (Wildman–Crippen MR) is 71.4 cm³/mol. The predicted octanol–water partition coefficient (Wildman–Crippen LogP) is 2.14. The molecule has 6 nitrogen and oxygen atoms in total. The average Bonchev–Trinajstić information content (AvgIpc) is 2.44. The lowest BCUT2D eigenvalue weighted by molar-refractivity contribution is -0.134. The molecule has 110 valence electrons. The van der Waals surface area contributed by atoms with Crippen molar-refractivity contribution in [2.45, 2.75) is 38.5 Å². The van der Waals surface area contributed by atoms with E-state index < -0.39 is 5.91 Å². The van der Waals surface area contributed by atoms with E-state index in [9.17, 15) is 14.7 Å². The third-order valence-corrected chi connectivity index (χ3v) is 2.75. The van der Waals surface area contributed by atoms with Crippen LogP contribution in [0.1, 0.15) is 38.5 Å². The zero-order valence-corrected chi connectivity index (χ0v) is 11.2. The maximum atomic E-state index is 11.5. The fourth-order valence-electron chi connectivity index (χ4n) is 1.68. The lowest BCUT2D eigenvalue weighted by atomic mass is 10.1. The molecule has 0 atom stereocenters. The molecule has 1 amide bonds. The number of amides is 1. The van der Waals surface area contributed by atoms with Crippen molar-refractivity contribution in [1.29, 1.82) is 0 Å². The normalized spacial score (nSPS) is 10.1. The van der Waals surface area contributed by atoms with Crippen molar-refractivity contribution in [2.75, 3.05) is 0 Å². The fraction of sp³-hybridized carbons (Fsp3) is 0.429. The summed E-state index contributed by atoms with van der Waals surface area (Å²) in [6, 6.07) is 6.30. The summed E-state index contributed by atoms with van der Waals surface area (Å²) < 4.78 is 5.02. The van der Waals surface area contributed by atoms with Crippen LogP contribution in [0.2, 0.25) is 0 Å². The second-order valence-electron chi connectivity index (χ2n) is 4.39. The van der Waals surface area contributed by atoms with Gasteiger partial charge < -0.3 is 9.84 Å². The first-order chi connectivity index (χ1) is 9.63. The molecule has 0 spiro atoms. The maximum Gasteiger partial charge on any atom is 0.311 e. The van der Waals surface area contributed by atoms with Crippen LogP contribution in [0.25, 0.3) is 0 Å². The van der Waals surface area contributed by atoms with Crippen molar-refractivity contribution in [3.8, 4) is 11.5 Å². The molecule has 0 aliphatic carbocycles. The van der Waals surface area contributed by atoms with Crippen LogP contribution < -0.4 is 10.2 Å². The Bertz CT molecular complexity index is 447. The molecule has 3 N–H and O–H groups in total. The van der Waals surface area contributed by atoms with Crippen LogP contribution in [0, 0.1) is 0 Å². The summed E-state index contributed by atoms with van der Waals surface area (Å²) in [7, 11) is 0. The maximum absolute atomic E-state index is 11.5. The fourth-order valence-corrected chi connectivity index (χ4v) is 1.68. The third kappa shape index (κ3) is 6.19. The first-order valence-corrected chi connectivity index (χ1v) is 6.55. The molecule has 6 heteroatoms. The number of aromatic hydroxyl groups is 1. The van der Waals surface area contributed by atoms with Crippen molar-refractivity contribution in [3.05, 3.63) is 24.3 Å². The highest BCUT2D eigenvalue weighted by atomic mass is 16.5. The minimum atomic E-state index is -0.399. The molecule has 0 fully saturated rings. The van der Waals surface area contributed by atoms with Gasteiger partial charge in [0.05, 0.1) is 0 Å². The third-order valence-electron chi connectivity index (χ3n) is 2.75. The molecule has 0 bridgehead atoms. The largest absolute Gasteiger partial charge is 0.504 e. The molecule has 0 aliphatic heterocycles. The Labute approximate surface area is 117 Å². The van der Waals surface area contributed by atoms with E-state index in [0.29, 0.717) is 12.8 Å². The smallest absolute Gasteiger partial charge is 0.311 e. The molecule has 0 aromatic heterocycles. The van der Waals surface area contributed by atoms with E-state index >= 15 is 0 Å². The zero-order valence-electron chi connectivity index (χ0n) is 11.2. The number of hydrogen-bond donors (Lipinski definition) is 3. The number of hydroxylamine groups is 1. The number of benzene rings is 1. The number of para-hydroxylation sites is 2. The van der Waals surface area contributed by atoms with Gasteiger partial charge in [0.25, 0.3) is 0 Å². The van der Waals surface area contributed by atoms with Crippen molar-refractivity contribution >= 4 is 11.9 Å². The number of rotatable bonds is 8. The van der Waals surface area contributed by atoms with Crippen LogP contribution in [0.4, 0.5) is 0 Å². The van der Waals surface area contributed by atoms with E-state index in [-0.39, 0.29) is 30.3 Å². The van der Waals surface area contributed by atoms with Crippen LogP contribution in [0.15, 0.2) is 24.3 Å². The number of esters is 1. The van der Waals surface area contributed by atoms with Crippen LogP contribution in [0.5, 0.6) is 11.5 Å². The summed E-state index contributed by atoms with van der Waals surface area (Å²) in [5, 5.41) is 17.7. The molecule has 0 radical (unpaired) electrons. The summed E-state index contributed by atoms with van der Waals surface area (Å²) >= 11 is 0. The van der Waals surface area contributed by atoms with E-state index in [4.69, 9.17) is 9.94 Å². The minimum Gasteiger partial charge on any atom is -0.504 e. The van der Waals surface area contributed by atoms with Gasteiger partial charge in [-0.2, -0.15) is 0 Å². The van der Waals surface area contributed by atoms with E-state index in [1.54, 1.807) is 17.6 Å². The van der Waals surface area contributed by atoms with Crippen LogP contribution >= 0.6 is 0 Å². The quantitative estimate of drug-likeness (QED) is 0.223. The number of nitrogens with one attached hydrogen (secondary N) is 1. The summed E-state index contributed by atoms with van der Waals surface area (Å²) in [5.41, 5.74) is 1.57. The monoisotopic (exact) mass is 281 g/mol. The topological polar surface area (TPSA) is 95.9 Å². The average molecular weight is 281 g/mol. The SMILES string of the molecule is O=C(CCCCCCC(=O)Oc1ccccc1O)NO. The van der Waals surface area contributed by atoms with Gasteiger partial charge in [-0.25, -0.2) is 5.48 Å². The van der Waals surface area contributed by atoms with Crippen LogP contribution in [0.3, 0.4) is 0 Å². The molecule has 0 aliphatic rings. The first kappa shape index (κ1) is 16.0. The van der Waals surface area contributed by atoms with Crippen molar-refractivity contribution in [3.63, 3.8) is 0 Å². The Morgan fingerprint density at radius 3 is 2.35 bits per heavy atom. The Balaban J connectivity index is 2.12. The molecule has 0 saturated heterocycles. The van der Waals surface area contributed by atoms with Gasteiger partial charge in [-0.05, 0) is 25.0 Å². The number of phenolic OH excluding ortho intramolecular Hbond substituents is 1. The number of phenols is 1. The van der Waals surface area contributed by atoms with Gasteiger partial charge in [0.2, 0.25) is 5.91 Å². The molecule has 0 unspecified atom stereocenters. The van der Waals surface area contributed by atoms with Crippen LogP contribution in [-0.4, -0.2) is 22.2 Å². The van der Waals surface area contributed by atoms with E-state index in [2.05, 4.69) is 0 Å². The second kappa shape index (κ2) is 8.92. The molecular weight excluding hydrogens is 262 g/mol. The van der Waals surface area contributed by atoms with Gasteiger partial charge in [0.1, 0.15) is 0 Å². The molecule has 1 aromatic rings. The van der Waals surface area contributed by atoms with Crippen molar-refractivity contribution < 1.29 is 24.6 Å². The number of unbranched alkanes of at least 4 members (excludes halogenated alkanes) is 3. The summed E-state index contributed by atoms with van der Waals surface area (Å²) in [6.07, 6.45) is 3.47. The number of carbonyl (C=O) groups is 2. The van der Waals surface area contributed by atoms with Gasteiger partial charge in [-0.1, -0.05) is 25.0 Å². The van der Waals surface area contributed by atoms with Gasteiger partial charge >= 0.3 is 5.97 Å². The Hall–Kier alpha value is -2.08. The molecule has 1 rings (SSSR count). The zero-order chi connectivity index (χ0) is 14.8. The molecule has 1 aromatic carbocycles. The minimum absolute atomic E-state index is 0.0594. The van der Waals surface area contributed by atoms with Crippen molar-refractivity contribution in [1.82, 2.24) is 5.48 Å². The van der Waals surface area contributed by atoms with Crippen LogP contribution in [-0.2, 0) is 9.59 Å². The second-order valence-corrected chi connectivity index (χ2v) is 4.39. The molecule has 20 heavy (non-hydrogen) atoms. The van der Waals surface area contributed by atoms with Crippen molar-refractivity contribution in [2.24, 2.45) is 0 Å². The molecule has 0 saturated carbocycles. The van der Waals surface area contributed by atoms with E-state index in [0.717, 1.165) is 12.8 Å². The molecule has 0 heterocycles. The van der Waals surface area contributed by atoms with Gasteiger partial charge in [-0.15, -0.1) is 0 Å². The lowest BCUT2D eigenvalue weighted by Gasteiger charge is -2.05. The van der Waals surface area contributed by atoms with E-state index in [1.165, 1.54) is 12.1 Å². The van der Waals surface area contributed by atoms with Gasteiger partial charge in [0.15, 0.2) is 11.5 Å². The van der Waals surface area contributed by atoms with Gasteiger partial charge in [-0.3, -0.25) is 14.8 Å². The van der Waals surface area contributed by atoms with Gasteiger partial charge in [0, 0.05) is 12.8 Å². The Morgan fingerprint density at radius 1 is 1.05 bits per heavy atom. The first-order valence-electron chi connectivity index (χ1n) is 6.55. The Kier molecular flexibility index (Phi) is 7.13. The lowest BCUT2D eigenvalue weighted by Crippen LogP contribution is -2.17. The number of hydrogen-bond acceptors (Lipinski definition) is 5. The highest BCUT2D eigenvalue weighted by molar-refractivity contribution is 5.74. The summed E-state index contributed by atoms with van der Waals surface area (Å²) in [5.74, 6) is -0.684.